The normalized spacial score (nSPS) is 9.42. The van der Waals surface area contributed by atoms with E-state index in [1.165, 1.54) is 0 Å². The molecule has 0 aliphatic heterocycles. The Kier molecular flexibility index (Phi) is 4.09. The molecular weight excluding hydrogens is 240 g/mol. The summed E-state index contributed by atoms with van der Waals surface area (Å²) in [7, 11) is 0. The highest BCUT2D eigenvalue weighted by atomic mass is 16.2. The van der Waals surface area contributed by atoms with E-state index in [4.69, 9.17) is 5.26 Å². The second-order valence-corrected chi connectivity index (χ2v) is 3.82. The maximum Gasteiger partial charge on any atom is 0.319 e. The quantitative estimate of drug-likeness (QED) is 0.879. The van der Waals surface area contributed by atoms with Gasteiger partial charge in [-0.15, -0.1) is 0 Å². The number of hydrogen-bond acceptors (Lipinski definition) is 3. The molecular formula is C14H12N4O. The molecule has 0 aliphatic rings. The molecule has 0 saturated heterocycles. The van der Waals surface area contributed by atoms with Gasteiger partial charge in [-0.05, 0) is 30.3 Å². The van der Waals surface area contributed by atoms with E-state index in [-0.39, 0.29) is 6.03 Å². The number of aromatic nitrogens is 1. The average Bonchev–Trinajstić information content (AvgIpc) is 2.46. The number of nitrogens with zero attached hydrogens (tertiary/aromatic N) is 2. The lowest BCUT2D eigenvalue weighted by atomic mass is 10.2. The van der Waals surface area contributed by atoms with Gasteiger partial charge >= 0.3 is 6.03 Å². The van der Waals surface area contributed by atoms with Crippen molar-refractivity contribution in [1.29, 1.82) is 5.26 Å². The van der Waals surface area contributed by atoms with E-state index >= 15 is 0 Å². The van der Waals surface area contributed by atoms with Crippen LogP contribution in [0.3, 0.4) is 0 Å². The van der Waals surface area contributed by atoms with Crippen LogP contribution in [0.25, 0.3) is 0 Å². The van der Waals surface area contributed by atoms with Gasteiger partial charge in [-0.1, -0.05) is 12.1 Å². The molecule has 19 heavy (non-hydrogen) atoms. The maximum atomic E-state index is 11.7. The van der Waals surface area contributed by atoms with Gasteiger partial charge in [0.05, 0.1) is 23.9 Å². The number of nitriles is 1. The van der Waals surface area contributed by atoms with Gasteiger partial charge in [-0.3, -0.25) is 4.98 Å². The SMILES string of the molecule is N#Cc1cccc(NC(=O)NCc2ccccn2)c1. The summed E-state index contributed by atoms with van der Waals surface area (Å²) in [4.78, 5) is 15.8. The van der Waals surface area contributed by atoms with E-state index in [0.717, 1.165) is 5.69 Å². The predicted octanol–water partition coefficient (Wildman–Crippen LogP) is 2.27. The number of carbonyl (C=O) groups excluding carboxylic acids is 1. The third kappa shape index (κ3) is 3.82. The largest absolute Gasteiger partial charge is 0.332 e. The molecule has 0 radical (unpaired) electrons. The molecule has 0 unspecified atom stereocenters. The topological polar surface area (TPSA) is 77.8 Å². The second kappa shape index (κ2) is 6.17. The van der Waals surface area contributed by atoms with Crippen molar-refractivity contribution < 1.29 is 4.79 Å². The molecule has 0 saturated carbocycles. The Morgan fingerprint density at radius 2 is 2.16 bits per heavy atom. The van der Waals surface area contributed by atoms with Crippen LogP contribution in [-0.4, -0.2) is 11.0 Å². The number of pyridine rings is 1. The van der Waals surface area contributed by atoms with E-state index in [9.17, 15) is 4.79 Å². The molecule has 2 aromatic rings. The van der Waals surface area contributed by atoms with Crippen LogP contribution in [0, 0.1) is 11.3 Å². The molecule has 2 rings (SSSR count). The lowest BCUT2D eigenvalue weighted by Crippen LogP contribution is -2.28. The zero-order valence-electron chi connectivity index (χ0n) is 10.1. The third-order valence-corrected chi connectivity index (χ3v) is 2.41. The number of rotatable bonds is 3. The molecule has 2 amide bonds. The number of amides is 2. The first kappa shape index (κ1) is 12.6. The summed E-state index contributed by atoms with van der Waals surface area (Å²) in [5.41, 5.74) is 1.86. The molecule has 0 fully saturated rings. The first-order valence-corrected chi connectivity index (χ1v) is 5.73. The monoisotopic (exact) mass is 252 g/mol. The number of carbonyl (C=O) groups is 1. The van der Waals surface area contributed by atoms with E-state index in [1.54, 1.807) is 30.5 Å². The Labute approximate surface area is 110 Å². The van der Waals surface area contributed by atoms with Crippen molar-refractivity contribution in [2.45, 2.75) is 6.54 Å². The Morgan fingerprint density at radius 1 is 1.26 bits per heavy atom. The van der Waals surface area contributed by atoms with Crippen LogP contribution in [0.2, 0.25) is 0 Å². The molecule has 0 spiro atoms. The number of urea groups is 1. The highest BCUT2D eigenvalue weighted by Crippen LogP contribution is 2.09. The minimum absolute atomic E-state index is 0.333. The molecule has 94 valence electrons. The van der Waals surface area contributed by atoms with Gasteiger partial charge in [0, 0.05) is 11.9 Å². The zero-order valence-corrected chi connectivity index (χ0v) is 10.1. The summed E-state index contributed by atoms with van der Waals surface area (Å²) in [5, 5.41) is 14.1. The summed E-state index contributed by atoms with van der Waals surface area (Å²) >= 11 is 0. The predicted molar refractivity (Wildman–Crippen MR) is 71.3 cm³/mol. The van der Waals surface area contributed by atoms with Crippen molar-refractivity contribution in [2.24, 2.45) is 0 Å². The van der Waals surface area contributed by atoms with Gasteiger partial charge in [0.25, 0.3) is 0 Å². The van der Waals surface area contributed by atoms with E-state index in [1.807, 2.05) is 24.3 Å². The van der Waals surface area contributed by atoms with Crippen molar-refractivity contribution in [3.05, 3.63) is 59.9 Å². The summed E-state index contributed by atoms with van der Waals surface area (Å²) in [6.45, 7) is 0.352. The van der Waals surface area contributed by atoms with Crippen molar-refractivity contribution >= 4 is 11.7 Å². The minimum Gasteiger partial charge on any atom is -0.332 e. The maximum absolute atomic E-state index is 11.7. The third-order valence-electron chi connectivity index (χ3n) is 2.41. The molecule has 1 aromatic heterocycles. The van der Waals surface area contributed by atoms with Crippen LogP contribution in [0.4, 0.5) is 10.5 Å². The zero-order chi connectivity index (χ0) is 13.5. The van der Waals surface area contributed by atoms with Crippen LogP contribution < -0.4 is 10.6 Å². The second-order valence-electron chi connectivity index (χ2n) is 3.82. The minimum atomic E-state index is -0.333. The van der Waals surface area contributed by atoms with Crippen LogP contribution in [-0.2, 0) is 6.54 Å². The fraction of sp³-hybridized carbons (Fsp3) is 0.0714. The summed E-state index contributed by atoms with van der Waals surface area (Å²) in [6, 6.07) is 13.9. The molecule has 0 bridgehead atoms. The van der Waals surface area contributed by atoms with Gasteiger partial charge in [-0.25, -0.2) is 4.79 Å². The van der Waals surface area contributed by atoms with Gasteiger partial charge in [-0.2, -0.15) is 5.26 Å². The lowest BCUT2D eigenvalue weighted by Gasteiger charge is -2.07. The molecule has 5 heteroatoms. The van der Waals surface area contributed by atoms with Gasteiger partial charge < -0.3 is 10.6 Å². The van der Waals surface area contributed by atoms with Crippen molar-refractivity contribution in [3.63, 3.8) is 0 Å². The van der Waals surface area contributed by atoms with Gasteiger partial charge in [0.15, 0.2) is 0 Å². The summed E-state index contributed by atoms with van der Waals surface area (Å²) in [6.07, 6.45) is 1.67. The number of nitrogens with one attached hydrogen (secondary N) is 2. The molecule has 0 aliphatic carbocycles. The van der Waals surface area contributed by atoms with E-state index in [0.29, 0.717) is 17.8 Å². The molecule has 0 atom stereocenters. The fourth-order valence-corrected chi connectivity index (χ4v) is 1.52. The summed E-state index contributed by atoms with van der Waals surface area (Å²) in [5.74, 6) is 0. The Balaban J connectivity index is 1.89. The number of hydrogen-bond donors (Lipinski definition) is 2. The van der Waals surface area contributed by atoms with Crippen LogP contribution >= 0.6 is 0 Å². The average molecular weight is 252 g/mol. The van der Waals surface area contributed by atoms with E-state index in [2.05, 4.69) is 15.6 Å². The Hall–Kier alpha value is -2.87. The van der Waals surface area contributed by atoms with Crippen molar-refractivity contribution in [1.82, 2.24) is 10.3 Å². The Bertz CT molecular complexity index is 604. The molecule has 1 heterocycles. The van der Waals surface area contributed by atoms with Gasteiger partial charge in [0.1, 0.15) is 0 Å². The van der Waals surface area contributed by atoms with Crippen molar-refractivity contribution in [2.75, 3.05) is 5.32 Å². The van der Waals surface area contributed by atoms with Gasteiger partial charge in [0.2, 0.25) is 0 Å². The van der Waals surface area contributed by atoms with Crippen molar-refractivity contribution in [3.8, 4) is 6.07 Å². The first-order valence-electron chi connectivity index (χ1n) is 5.73. The summed E-state index contributed by atoms with van der Waals surface area (Å²) < 4.78 is 0. The van der Waals surface area contributed by atoms with Crippen LogP contribution in [0.5, 0.6) is 0 Å². The Morgan fingerprint density at radius 3 is 2.89 bits per heavy atom. The van der Waals surface area contributed by atoms with E-state index < -0.39 is 0 Å². The number of benzene rings is 1. The molecule has 1 aromatic carbocycles. The highest BCUT2D eigenvalue weighted by molar-refractivity contribution is 5.89. The lowest BCUT2D eigenvalue weighted by molar-refractivity contribution is 0.251. The highest BCUT2D eigenvalue weighted by Gasteiger charge is 2.02. The number of anilines is 1. The molecule has 5 nitrogen and oxygen atoms in total. The smallest absolute Gasteiger partial charge is 0.319 e. The molecule has 2 N–H and O–H groups in total. The van der Waals surface area contributed by atoms with Crippen LogP contribution in [0.1, 0.15) is 11.3 Å². The van der Waals surface area contributed by atoms with Crippen LogP contribution in [0.15, 0.2) is 48.7 Å². The first-order chi connectivity index (χ1) is 9.28. The standard InChI is InChI=1S/C14H12N4O/c15-9-11-4-3-6-12(8-11)18-14(19)17-10-13-5-1-2-7-16-13/h1-8H,10H2,(H2,17,18,19). The fourth-order valence-electron chi connectivity index (χ4n) is 1.52.